The van der Waals surface area contributed by atoms with Crippen LogP contribution in [0.3, 0.4) is 0 Å². The number of aryl methyl sites for hydroxylation is 1. The van der Waals surface area contributed by atoms with Gasteiger partial charge in [0.1, 0.15) is 29.5 Å². The minimum atomic E-state index is -0.507. The van der Waals surface area contributed by atoms with Gasteiger partial charge in [-0.2, -0.15) is 9.61 Å². The van der Waals surface area contributed by atoms with Crippen LogP contribution in [0.2, 0.25) is 0 Å². The van der Waals surface area contributed by atoms with Crippen molar-refractivity contribution >= 4 is 23.3 Å². The summed E-state index contributed by atoms with van der Waals surface area (Å²) in [7, 11) is 0. The number of aromatic nitrogens is 4. The molecule has 0 aromatic carbocycles. The third kappa shape index (κ3) is 3.78. The molecule has 11 heteroatoms. The SMILES string of the molecule is CCc1cc2n(CC(=O)Nc3ccc(F)cn3)c3c(c(=O)n2n1)CN([C@H]1CCN(C2CCC2)C1)C3=O. The number of carbonyl (C=O) groups excluding carboxylic acids is 2. The average Bonchev–Trinajstić information content (AvgIpc) is 3.55. The molecule has 0 bridgehead atoms. The van der Waals surface area contributed by atoms with Crippen molar-refractivity contribution < 1.29 is 14.0 Å². The molecular weight excluding hydrogens is 465 g/mol. The van der Waals surface area contributed by atoms with Gasteiger partial charge < -0.3 is 14.8 Å². The predicted octanol–water partition coefficient (Wildman–Crippen LogP) is 1.81. The molecule has 10 nitrogen and oxygen atoms in total. The molecule has 2 amide bonds. The van der Waals surface area contributed by atoms with Crippen LogP contribution < -0.4 is 10.9 Å². The highest BCUT2D eigenvalue weighted by Gasteiger charge is 2.42. The zero-order chi connectivity index (χ0) is 25.0. The van der Waals surface area contributed by atoms with Crippen molar-refractivity contribution in [1.29, 1.82) is 0 Å². The number of nitrogens with one attached hydrogen (secondary N) is 1. The number of anilines is 1. The summed E-state index contributed by atoms with van der Waals surface area (Å²) in [6.07, 6.45) is 6.18. The monoisotopic (exact) mass is 493 g/mol. The number of amides is 2. The predicted molar refractivity (Wildman–Crippen MR) is 129 cm³/mol. The third-order valence-corrected chi connectivity index (χ3v) is 7.70. The van der Waals surface area contributed by atoms with Crippen LogP contribution in [-0.2, 0) is 24.3 Å². The molecular formula is C25H28FN7O3. The summed E-state index contributed by atoms with van der Waals surface area (Å²) in [6.45, 7) is 3.70. The van der Waals surface area contributed by atoms with E-state index >= 15 is 0 Å². The second-order valence-electron chi connectivity index (χ2n) is 9.84. The van der Waals surface area contributed by atoms with Gasteiger partial charge in [-0.25, -0.2) is 9.37 Å². The number of halogens is 1. The third-order valence-electron chi connectivity index (χ3n) is 7.70. The van der Waals surface area contributed by atoms with Crippen molar-refractivity contribution in [2.45, 2.75) is 64.2 Å². The molecule has 0 spiro atoms. The van der Waals surface area contributed by atoms with Gasteiger partial charge in [0.05, 0.1) is 24.0 Å². The molecule has 2 fully saturated rings. The van der Waals surface area contributed by atoms with Gasteiger partial charge in [-0.05, 0) is 37.8 Å². The molecule has 0 radical (unpaired) electrons. The van der Waals surface area contributed by atoms with E-state index in [4.69, 9.17) is 0 Å². The fourth-order valence-corrected chi connectivity index (χ4v) is 5.54. The lowest BCUT2D eigenvalue weighted by atomic mass is 9.92. The van der Waals surface area contributed by atoms with Crippen LogP contribution in [0.5, 0.6) is 0 Å². The Morgan fingerprint density at radius 1 is 1.19 bits per heavy atom. The number of hydrogen-bond donors (Lipinski definition) is 1. The summed E-state index contributed by atoms with van der Waals surface area (Å²) in [5.41, 5.74) is 1.39. The first-order valence-corrected chi connectivity index (χ1v) is 12.5. The molecule has 1 saturated heterocycles. The van der Waals surface area contributed by atoms with E-state index in [1.165, 1.54) is 35.9 Å². The number of carbonyl (C=O) groups is 2. The lowest BCUT2D eigenvalue weighted by molar-refractivity contribution is -0.116. The topological polar surface area (TPSA) is 105 Å². The summed E-state index contributed by atoms with van der Waals surface area (Å²) < 4.78 is 16.1. The molecule has 6 rings (SSSR count). The van der Waals surface area contributed by atoms with Gasteiger partial charge in [-0.1, -0.05) is 13.3 Å². The molecule has 3 aromatic rings. The standard InChI is InChI=1S/C25H28FN7O3/c1-2-16-10-22-32(14-21(34)28-20-7-6-15(26)11-27-20)23-19(24(35)33(22)29-16)13-31(25(23)36)18-8-9-30(12-18)17-4-3-5-17/h6-7,10-11,17-18H,2-5,8-9,12-14H2,1H3,(H,27,28,34)/t18-/m0/s1. The second kappa shape index (κ2) is 8.81. The Hall–Kier alpha value is -3.60. The first-order valence-electron chi connectivity index (χ1n) is 12.5. The van der Waals surface area contributed by atoms with E-state index in [-0.39, 0.29) is 42.1 Å². The quantitative estimate of drug-likeness (QED) is 0.562. The Kier molecular flexibility index (Phi) is 5.59. The van der Waals surface area contributed by atoms with E-state index in [0.29, 0.717) is 29.4 Å². The molecule has 1 aliphatic carbocycles. The maximum atomic E-state index is 13.7. The molecule has 3 aliphatic rings. The van der Waals surface area contributed by atoms with Crippen LogP contribution in [0.4, 0.5) is 10.2 Å². The zero-order valence-electron chi connectivity index (χ0n) is 20.1. The first kappa shape index (κ1) is 22.8. The number of fused-ring (bicyclic) bond motifs is 2. The molecule has 5 heterocycles. The zero-order valence-corrected chi connectivity index (χ0v) is 20.1. The van der Waals surface area contributed by atoms with Crippen molar-refractivity contribution in [3.63, 3.8) is 0 Å². The van der Waals surface area contributed by atoms with Gasteiger partial charge in [-0.15, -0.1) is 0 Å². The number of pyridine rings is 1. The summed E-state index contributed by atoms with van der Waals surface area (Å²) in [6, 6.07) is 4.96. The molecule has 1 saturated carbocycles. The molecule has 0 unspecified atom stereocenters. The number of nitrogens with zero attached hydrogens (tertiary/aromatic N) is 6. The largest absolute Gasteiger partial charge is 0.328 e. The number of likely N-dealkylation sites (tertiary alicyclic amines) is 1. The van der Waals surface area contributed by atoms with E-state index in [9.17, 15) is 18.8 Å². The van der Waals surface area contributed by atoms with Crippen LogP contribution in [0, 0.1) is 5.82 Å². The molecule has 1 N–H and O–H groups in total. The number of rotatable bonds is 6. The van der Waals surface area contributed by atoms with Gasteiger partial charge in [0.15, 0.2) is 0 Å². The smallest absolute Gasteiger partial charge is 0.280 e. The average molecular weight is 494 g/mol. The molecule has 2 aliphatic heterocycles. The van der Waals surface area contributed by atoms with Crippen LogP contribution in [0.25, 0.3) is 5.65 Å². The van der Waals surface area contributed by atoms with Crippen molar-refractivity contribution in [2.24, 2.45) is 0 Å². The lowest BCUT2D eigenvalue weighted by Gasteiger charge is -2.35. The first-order chi connectivity index (χ1) is 17.4. The van der Waals surface area contributed by atoms with Gasteiger partial charge >= 0.3 is 0 Å². The van der Waals surface area contributed by atoms with Crippen LogP contribution >= 0.6 is 0 Å². The van der Waals surface area contributed by atoms with Gasteiger partial charge in [0.2, 0.25) is 5.91 Å². The number of hydrogen-bond acceptors (Lipinski definition) is 6. The van der Waals surface area contributed by atoms with Gasteiger partial charge in [0, 0.05) is 31.2 Å². The summed E-state index contributed by atoms with van der Waals surface area (Å²) >= 11 is 0. The fraction of sp³-hybridized carbons (Fsp3) is 0.480. The maximum Gasteiger partial charge on any atom is 0.280 e. The minimum absolute atomic E-state index is 0.0362. The van der Waals surface area contributed by atoms with E-state index in [1.54, 1.807) is 15.5 Å². The van der Waals surface area contributed by atoms with E-state index in [0.717, 1.165) is 25.7 Å². The van der Waals surface area contributed by atoms with E-state index < -0.39 is 11.7 Å². The summed E-state index contributed by atoms with van der Waals surface area (Å²) in [5, 5.41) is 7.08. The van der Waals surface area contributed by atoms with Crippen LogP contribution in [-0.4, -0.2) is 66.0 Å². The van der Waals surface area contributed by atoms with Crippen LogP contribution in [0.1, 0.15) is 54.4 Å². The summed E-state index contributed by atoms with van der Waals surface area (Å²) in [4.78, 5) is 48.2. The van der Waals surface area contributed by atoms with Crippen molar-refractivity contribution in [1.82, 2.24) is 29.0 Å². The van der Waals surface area contributed by atoms with Crippen molar-refractivity contribution in [3.05, 3.63) is 57.5 Å². The Bertz CT molecular complexity index is 1410. The molecule has 36 heavy (non-hydrogen) atoms. The lowest BCUT2D eigenvalue weighted by Crippen LogP contribution is -2.42. The van der Waals surface area contributed by atoms with Crippen molar-refractivity contribution in [3.8, 4) is 0 Å². The highest BCUT2D eigenvalue weighted by molar-refractivity contribution is 5.98. The Labute approximate surface area is 206 Å². The van der Waals surface area contributed by atoms with Crippen molar-refractivity contribution in [2.75, 3.05) is 18.4 Å². The Morgan fingerprint density at radius 3 is 2.72 bits per heavy atom. The second-order valence-corrected chi connectivity index (χ2v) is 9.84. The highest BCUT2D eigenvalue weighted by atomic mass is 19.1. The molecule has 188 valence electrons. The van der Waals surface area contributed by atoms with Gasteiger partial charge in [-0.3, -0.25) is 19.3 Å². The molecule has 3 aromatic heterocycles. The molecule has 1 atom stereocenters. The normalized spacial score (nSPS) is 20.2. The minimum Gasteiger partial charge on any atom is -0.328 e. The fourth-order valence-electron chi connectivity index (χ4n) is 5.54. The van der Waals surface area contributed by atoms with Crippen LogP contribution in [0.15, 0.2) is 29.2 Å². The summed E-state index contributed by atoms with van der Waals surface area (Å²) in [5.74, 6) is -0.970. The Balaban J connectivity index is 1.34. The Morgan fingerprint density at radius 2 is 2.03 bits per heavy atom. The van der Waals surface area contributed by atoms with E-state index in [1.807, 2.05) is 6.92 Å². The maximum absolute atomic E-state index is 13.7. The van der Waals surface area contributed by atoms with E-state index in [2.05, 4.69) is 20.3 Å². The highest BCUT2D eigenvalue weighted by Crippen LogP contribution is 2.32. The van der Waals surface area contributed by atoms with Gasteiger partial charge in [0.25, 0.3) is 11.5 Å².